The summed E-state index contributed by atoms with van der Waals surface area (Å²) >= 11 is 9.70. The normalized spacial score (nSPS) is 17.3. The van der Waals surface area contributed by atoms with Gasteiger partial charge in [0, 0.05) is 41.1 Å². The third-order valence-corrected chi connectivity index (χ3v) is 8.52. The lowest BCUT2D eigenvalue weighted by Crippen LogP contribution is -2.54. The van der Waals surface area contributed by atoms with Crippen LogP contribution >= 0.6 is 27.5 Å². The highest BCUT2D eigenvalue weighted by atomic mass is 79.9. The average molecular weight is 693 g/mol. The van der Waals surface area contributed by atoms with Gasteiger partial charge in [0.1, 0.15) is 11.5 Å². The largest absolute Gasteiger partial charge is 0.497 e. The van der Waals surface area contributed by atoms with Gasteiger partial charge in [-0.1, -0.05) is 70.0 Å². The second-order valence-corrected chi connectivity index (χ2v) is 11.9. The Hall–Kier alpha value is -3.89. The fraction of sp³-hybridized carbons (Fsp3) is 0.257. The molecule has 1 amide bonds. The minimum absolute atomic E-state index is 0.0616. The molecule has 5 rings (SSSR count). The summed E-state index contributed by atoms with van der Waals surface area (Å²) in [7, 11) is 1.60. The summed E-state index contributed by atoms with van der Waals surface area (Å²) in [6.45, 7) is 0.967. The maximum Gasteiger partial charge on any atom is 0.266 e. The number of carbonyl (C=O) groups is 1. The van der Waals surface area contributed by atoms with Gasteiger partial charge in [-0.25, -0.2) is 10.4 Å². The number of carbonyl (C=O) groups excluding carboxylic acids is 1. The number of nitrogens with zero attached hydrogens (tertiary/aromatic N) is 1. The third kappa shape index (κ3) is 8.04. The molecule has 0 bridgehead atoms. The van der Waals surface area contributed by atoms with Crippen LogP contribution in [0.5, 0.6) is 11.5 Å². The molecule has 4 aromatic rings. The van der Waals surface area contributed by atoms with Gasteiger partial charge in [0.25, 0.3) is 5.91 Å². The van der Waals surface area contributed by atoms with Gasteiger partial charge in [0.2, 0.25) is 5.90 Å². The van der Waals surface area contributed by atoms with Gasteiger partial charge in [0.05, 0.1) is 13.7 Å². The van der Waals surface area contributed by atoms with E-state index in [9.17, 15) is 4.79 Å². The first-order chi connectivity index (χ1) is 21.9. The molecule has 1 heterocycles. The van der Waals surface area contributed by atoms with E-state index in [0.29, 0.717) is 54.0 Å². The highest BCUT2D eigenvalue weighted by Gasteiger charge is 2.53. The second-order valence-electron chi connectivity index (χ2n) is 10.6. The topological polar surface area (TPSA) is 101 Å². The minimum atomic E-state index is -1.38. The van der Waals surface area contributed by atoms with Gasteiger partial charge in [-0.15, -0.1) is 0 Å². The van der Waals surface area contributed by atoms with Crippen molar-refractivity contribution in [3.8, 4) is 11.5 Å². The van der Waals surface area contributed by atoms with Crippen molar-refractivity contribution in [1.29, 1.82) is 0 Å². The van der Waals surface area contributed by atoms with Gasteiger partial charge in [0.15, 0.2) is 11.6 Å². The molecule has 0 saturated heterocycles. The number of benzene rings is 4. The summed E-state index contributed by atoms with van der Waals surface area (Å²) in [5.41, 5.74) is 8.11. The number of aliphatic hydroxyl groups excluding tert-OH is 1. The van der Waals surface area contributed by atoms with Crippen LogP contribution in [0, 0.1) is 0 Å². The molecule has 2 atom stereocenters. The Kier molecular flexibility index (Phi) is 11.1. The Morgan fingerprint density at radius 1 is 1.02 bits per heavy atom. The molecule has 4 aromatic carbocycles. The van der Waals surface area contributed by atoms with E-state index in [0.717, 1.165) is 21.2 Å². The SMILES string of the molecule is COc1cccc([C@@H]2OC(c3ccc(OCCCO)cc3)=N[C@]2(Cc2ccccc2Br)C(=O)NNCCc2ccc(Cl)cc2)c1. The molecule has 0 spiro atoms. The maximum absolute atomic E-state index is 14.4. The molecule has 3 N–H and O–H groups in total. The summed E-state index contributed by atoms with van der Waals surface area (Å²) < 4.78 is 18.7. The number of hydrogen-bond donors (Lipinski definition) is 3. The Balaban J connectivity index is 1.49. The molecule has 1 aliphatic rings. The average Bonchev–Trinajstić information content (AvgIpc) is 3.46. The van der Waals surface area contributed by atoms with E-state index < -0.39 is 11.6 Å². The molecule has 45 heavy (non-hydrogen) atoms. The lowest BCUT2D eigenvalue weighted by atomic mass is 9.82. The number of aliphatic imine (C=N–C) groups is 1. The highest BCUT2D eigenvalue weighted by molar-refractivity contribution is 9.10. The van der Waals surface area contributed by atoms with Crippen LogP contribution in [0.3, 0.4) is 0 Å². The minimum Gasteiger partial charge on any atom is -0.497 e. The molecule has 0 fully saturated rings. The number of hydrogen-bond acceptors (Lipinski definition) is 7. The van der Waals surface area contributed by atoms with Gasteiger partial charge < -0.3 is 19.3 Å². The fourth-order valence-corrected chi connectivity index (χ4v) is 5.68. The first kappa shape index (κ1) is 32.5. The molecule has 0 radical (unpaired) electrons. The summed E-state index contributed by atoms with van der Waals surface area (Å²) in [5, 5.41) is 9.74. The molecular formula is C35H35BrClN3O5. The Bertz CT molecular complexity index is 1620. The predicted octanol–water partition coefficient (Wildman–Crippen LogP) is 6.24. The summed E-state index contributed by atoms with van der Waals surface area (Å²) in [4.78, 5) is 19.5. The monoisotopic (exact) mass is 691 g/mol. The predicted molar refractivity (Wildman–Crippen MR) is 179 cm³/mol. The number of halogens is 2. The van der Waals surface area contributed by atoms with Crippen molar-refractivity contribution in [2.75, 3.05) is 26.9 Å². The number of amides is 1. The van der Waals surface area contributed by atoms with E-state index >= 15 is 0 Å². The Morgan fingerprint density at radius 2 is 1.80 bits per heavy atom. The van der Waals surface area contributed by atoms with Crippen LogP contribution in [0.15, 0.2) is 107 Å². The zero-order valence-corrected chi connectivity index (χ0v) is 27.2. The van der Waals surface area contributed by atoms with E-state index in [4.69, 9.17) is 35.9 Å². The molecule has 8 nitrogen and oxygen atoms in total. The van der Waals surface area contributed by atoms with Crippen LogP contribution < -0.4 is 20.3 Å². The molecule has 0 unspecified atom stereocenters. The lowest BCUT2D eigenvalue weighted by molar-refractivity contribution is -0.130. The van der Waals surface area contributed by atoms with Crippen molar-refractivity contribution in [3.05, 3.63) is 129 Å². The van der Waals surface area contributed by atoms with Crippen molar-refractivity contribution >= 4 is 39.3 Å². The van der Waals surface area contributed by atoms with E-state index in [1.165, 1.54) is 0 Å². The fourth-order valence-electron chi connectivity index (χ4n) is 5.13. The number of nitrogens with one attached hydrogen (secondary N) is 2. The van der Waals surface area contributed by atoms with Crippen molar-refractivity contribution < 1.29 is 24.1 Å². The van der Waals surface area contributed by atoms with Crippen molar-refractivity contribution in [2.45, 2.75) is 30.9 Å². The smallest absolute Gasteiger partial charge is 0.266 e. The van der Waals surface area contributed by atoms with Crippen LogP contribution in [0.4, 0.5) is 0 Å². The highest BCUT2D eigenvalue weighted by Crippen LogP contribution is 2.44. The Labute approximate surface area is 276 Å². The molecule has 0 aromatic heterocycles. The quantitative estimate of drug-likeness (QED) is 0.107. The summed E-state index contributed by atoms with van der Waals surface area (Å²) in [5.74, 6) is 1.32. The standard InChI is InChI=1S/C35H35BrClN3O5/c1-43-30-8-4-7-26(22-30)32-35(23-27-6-2-3-9-31(27)36,34(42)40-38-19-18-24-10-14-28(37)15-11-24)39-33(45-32)25-12-16-29(17-13-25)44-21-5-20-41/h2-4,6-17,22,32,38,41H,5,18-21,23H2,1H3,(H,40,42)/t32-,35-/m0/s1. The van der Waals surface area contributed by atoms with Gasteiger partial charge in [-0.3, -0.25) is 10.2 Å². The van der Waals surface area contributed by atoms with Gasteiger partial charge in [-0.05, 0) is 77.7 Å². The number of aliphatic hydroxyl groups is 1. The summed E-state index contributed by atoms with van der Waals surface area (Å²) in [6, 6.07) is 30.3. The zero-order chi connectivity index (χ0) is 31.6. The summed E-state index contributed by atoms with van der Waals surface area (Å²) in [6.07, 6.45) is 0.715. The zero-order valence-electron chi connectivity index (χ0n) is 24.8. The maximum atomic E-state index is 14.4. The van der Waals surface area contributed by atoms with Gasteiger partial charge in [-0.2, -0.15) is 0 Å². The molecule has 1 aliphatic heterocycles. The molecule has 0 saturated carbocycles. The van der Waals surface area contributed by atoms with Crippen LogP contribution in [0.25, 0.3) is 0 Å². The first-order valence-electron chi connectivity index (χ1n) is 14.7. The van der Waals surface area contributed by atoms with E-state index in [1.807, 2.05) is 97.1 Å². The van der Waals surface area contributed by atoms with Gasteiger partial charge >= 0.3 is 0 Å². The number of ether oxygens (including phenoxy) is 3. The van der Waals surface area contributed by atoms with Crippen LogP contribution in [0.1, 0.15) is 34.8 Å². The van der Waals surface area contributed by atoms with Crippen molar-refractivity contribution in [3.63, 3.8) is 0 Å². The van der Waals surface area contributed by atoms with Crippen molar-refractivity contribution in [2.24, 2.45) is 4.99 Å². The van der Waals surface area contributed by atoms with Crippen LogP contribution in [-0.4, -0.2) is 49.3 Å². The van der Waals surface area contributed by atoms with E-state index in [1.54, 1.807) is 7.11 Å². The number of methoxy groups -OCH3 is 1. The van der Waals surface area contributed by atoms with E-state index in [-0.39, 0.29) is 18.9 Å². The number of hydrazine groups is 1. The number of rotatable bonds is 14. The third-order valence-electron chi connectivity index (χ3n) is 7.50. The molecule has 234 valence electrons. The Morgan fingerprint density at radius 3 is 2.53 bits per heavy atom. The first-order valence-corrected chi connectivity index (χ1v) is 15.8. The molecule has 0 aliphatic carbocycles. The van der Waals surface area contributed by atoms with Crippen LogP contribution in [-0.2, 0) is 22.4 Å². The van der Waals surface area contributed by atoms with Crippen LogP contribution in [0.2, 0.25) is 5.02 Å². The molecule has 10 heteroatoms. The van der Waals surface area contributed by atoms with Crippen molar-refractivity contribution in [1.82, 2.24) is 10.9 Å². The second kappa shape index (κ2) is 15.4. The van der Waals surface area contributed by atoms with E-state index in [2.05, 4.69) is 26.8 Å². The molecular weight excluding hydrogens is 658 g/mol. The lowest BCUT2D eigenvalue weighted by Gasteiger charge is -2.31.